The lowest BCUT2D eigenvalue weighted by molar-refractivity contribution is -0.166. The normalized spacial score (nSPS) is 15.8. The lowest BCUT2D eigenvalue weighted by Crippen LogP contribution is -2.39. The summed E-state index contributed by atoms with van der Waals surface area (Å²) in [4.78, 5) is 14.1. The van der Waals surface area contributed by atoms with Gasteiger partial charge in [0, 0.05) is 31.3 Å². The molecule has 1 amide bonds. The Morgan fingerprint density at radius 1 is 1.45 bits per heavy atom. The van der Waals surface area contributed by atoms with Crippen molar-refractivity contribution >= 4 is 17.2 Å². The Hall–Kier alpha value is -1.48. The second-order valence-corrected chi connectivity index (χ2v) is 5.99. The maximum Gasteiger partial charge on any atom is 0.437 e. The standard InChI is InChI=1S/C13H16F3N3O2S/c1-19(6-5-12(17-18-12)13(14,15)16)11(20)9-21-7-4-10-3-2-8-22-10/h2-3,8H,4-7,9H2,1H3. The molecule has 0 aromatic carbocycles. The molecule has 1 aliphatic rings. The van der Waals surface area contributed by atoms with Crippen molar-refractivity contribution in [2.45, 2.75) is 24.7 Å². The molecule has 0 bridgehead atoms. The molecule has 1 aromatic heterocycles. The fourth-order valence-electron chi connectivity index (χ4n) is 1.76. The number of hydrogen-bond donors (Lipinski definition) is 0. The third kappa shape index (κ3) is 4.26. The number of halogens is 3. The number of nitrogens with zero attached hydrogens (tertiary/aromatic N) is 3. The summed E-state index contributed by atoms with van der Waals surface area (Å²) in [6, 6.07) is 3.91. The highest BCUT2D eigenvalue weighted by atomic mass is 32.1. The van der Waals surface area contributed by atoms with Crippen LogP contribution in [0.1, 0.15) is 11.3 Å². The molecule has 2 rings (SSSR count). The first kappa shape index (κ1) is 16.9. The van der Waals surface area contributed by atoms with Gasteiger partial charge in [-0.25, -0.2) is 0 Å². The average molecular weight is 335 g/mol. The lowest BCUT2D eigenvalue weighted by atomic mass is 10.1. The van der Waals surface area contributed by atoms with Crippen LogP contribution in [0, 0.1) is 0 Å². The summed E-state index contributed by atoms with van der Waals surface area (Å²) in [5.41, 5.74) is -2.30. The molecule has 22 heavy (non-hydrogen) atoms. The Labute approximate surface area is 129 Å². The van der Waals surface area contributed by atoms with Gasteiger partial charge in [0.25, 0.3) is 5.66 Å². The van der Waals surface area contributed by atoms with Crippen molar-refractivity contribution in [2.75, 3.05) is 26.8 Å². The molecule has 0 N–H and O–H groups in total. The fraction of sp³-hybridized carbons (Fsp3) is 0.615. The summed E-state index contributed by atoms with van der Waals surface area (Å²) in [6.07, 6.45) is -4.13. The van der Waals surface area contributed by atoms with E-state index < -0.39 is 11.8 Å². The van der Waals surface area contributed by atoms with Crippen LogP contribution in [0.4, 0.5) is 13.2 Å². The van der Waals surface area contributed by atoms with Gasteiger partial charge < -0.3 is 9.64 Å². The molecule has 0 saturated heterocycles. The number of carbonyl (C=O) groups excluding carboxylic acids is 1. The summed E-state index contributed by atoms with van der Waals surface area (Å²) in [7, 11) is 1.44. The molecule has 5 nitrogen and oxygen atoms in total. The molecule has 0 saturated carbocycles. The van der Waals surface area contributed by atoms with E-state index >= 15 is 0 Å². The van der Waals surface area contributed by atoms with Crippen LogP contribution in [-0.2, 0) is 16.0 Å². The van der Waals surface area contributed by atoms with E-state index in [2.05, 4.69) is 10.2 Å². The zero-order valence-corrected chi connectivity index (χ0v) is 12.8. The molecular formula is C13H16F3N3O2S. The first-order chi connectivity index (χ1) is 10.3. The topological polar surface area (TPSA) is 54.3 Å². The summed E-state index contributed by atoms with van der Waals surface area (Å²) < 4.78 is 43.1. The van der Waals surface area contributed by atoms with Gasteiger partial charge in [-0.15, -0.1) is 21.6 Å². The molecule has 0 spiro atoms. The average Bonchev–Trinajstić information content (AvgIpc) is 3.09. The van der Waals surface area contributed by atoms with E-state index in [-0.39, 0.29) is 25.5 Å². The van der Waals surface area contributed by atoms with Crippen molar-refractivity contribution in [2.24, 2.45) is 10.2 Å². The number of likely N-dealkylation sites (N-methyl/N-ethyl adjacent to an activating group) is 1. The van der Waals surface area contributed by atoms with E-state index in [1.807, 2.05) is 17.5 Å². The monoisotopic (exact) mass is 335 g/mol. The van der Waals surface area contributed by atoms with Crippen LogP contribution in [0.3, 0.4) is 0 Å². The molecule has 1 aliphatic heterocycles. The SMILES string of the molecule is CN(CCC1(C(F)(F)F)N=N1)C(=O)COCCc1cccs1. The molecule has 9 heteroatoms. The summed E-state index contributed by atoms with van der Waals surface area (Å²) >= 11 is 1.61. The molecule has 122 valence electrons. The summed E-state index contributed by atoms with van der Waals surface area (Å²) in [5, 5.41) is 8.10. The molecular weight excluding hydrogens is 319 g/mol. The van der Waals surface area contributed by atoms with Crippen LogP contribution in [0.25, 0.3) is 0 Å². The Morgan fingerprint density at radius 3 is 2.73 bits per heavy atom. The Balaban J connectivity index is 1.63. The van der Waals surface area contributed by atoms with Gasteiger partial charge in [0.1, 0.15) is 6.61 Å². The van der Waals surface area contributed by atoms with Crippen LogP contribution >= 0.6 is 11.3 Å². The Kier molecular flexibility index (Phi) is 5.17. The number of hydrogen-bond acceptors (Lipinski definition) is 5. The van der Waals surface area contributed by atoms with Crippen molar-refractivity contribution < 1.29 is 22.7 Å². The highest BCUT2D eigenvalue weighted by Crippen LogP contribution is 2.46. The third-order valence-electron chi connectivity index (χ3n) is 3.32. The van der Waals surface area contributed by atoms with E-state index in [0.29, 0.717) is 13.0 Å². The number of thiophene rings is 1. The smallest absolute Gasteiger partial charge is 0.371 e. The molecule has 0 atom stereocenters. The zero-order chi connectivity index (χ0) is 16.2. The van der Waals surface area contributed by atoms with Crippen molar-refractivity contribution in [3.8, 4) is 0 Å². The number of amides is 1. The first-order valence-electron chi connectivity index (χ1n) is 6.69. The van der Waals surface area contributed by atoms with E-state index in [0.717, 1.165) is 4.88 Å². The van der Waals surface area contributed by atoms with E-state index in [1.54, 1.807) is 11.3 Å². The quantitative estimate of drug-likeness (QED) is 0.686. The number of carbonyl (C=O) groups is 1. The van der Waals surface area contributed by atoms with Gasteiger partial charge in [-0.05, 0) is 11.4 Å². The molecule has 2 heterocycles. The van der Waals surface area contributed by atoms with Crippen LogP contribution in [0.15, 0.2) is 27.7 Å². The van der Waals surface area contributed by atoms with Crippen molar-refractivity contribution in [1.29, 1.82) is 0 Å². The largest absolute Gasteiger partial charge is 0.437 e. The maximum absolute atomic E-state index is 12.6. The number of rotatable bonds is 8. The maximum atomic E-state index is 12.6. The van der Waals surface area contributed by atoms with E-state index in [4.69, 9.17) is 4.74 Å². The second kappa shape index (κ2) is 6.74. The van der Waals surface area contributed by atoms with Gasteiger partial charge in [0.05, 0.1) is 6.61 Å². The van der Waals surface area contributed by atoms with Gasteiger partial charge in [-0.2, -0.15) is 13.2 Å². The van der Waals surface area contributed by atoms with Crippen molar-refractivity contribution in [3.05, 3.63) is 22.4 Å². The number of alkyl halides is 3. The fourth-order valence-corrected chi connectivity index (χ4v) is 2.45. The molecule has 1 aromatic rings. The van der Waals surface area contributed by atoms with Gasteiger partial charge in [-0.1, -0.05) is 6.07 Å². The Bertz CT molecular complexity index is 525. The first-order valence-corrected chi connectivity index (χ1v) is 7.57. The Morgan fingerprint density at radius 2 is 2.18 bits per heavy atom. The lowest BCUT2D eigenvalue weighted by Gasteiger charge is -2.20. The molecule has 0 fully saturated rings. The minimum absolute atomic E-state index is 0.0698. The van der Waals surface area contributed by atoms with Crippen LogP contribution in [0.2, 0.25) is 0 Å². The van der Waals surface area contributed by atoms with Gasteiger partial charge >= 0.3 is 6.18 Å². The summed E-state index contributed by atoms with van der Waals surface area (Å²) in [6.45, 7) is 0.187. The minimum atomic E-state index is -4.49. The van der Waals surface area contributed by atoms with Crippen LogP contribution in [0.5, 0.6) is 0 Å². The van der Waals surface area contributed by atoms with Crippen molar-refractivity contribution in [1.82, 2.24) is 4.90 Å². The summed E-state index contributed by atoms with van der Waals surface area (Å²) in [5.74, 6) is -0.357. The van der Waals surface area contributed by atoms with Gasteiger partial charge in [0.15, 0.2) is 0 Å². The minimum Gasteiger partial charge on any atom is -0.371 e. The molecule has 0 unspecified atom stereocenters. The molecule has 0 aliphatic carbocycles. The third-order valence-corrected chi connectivity index (χ3v) is 4.25. The predicted octanol–water partition coefficient (Wildman–Crippen LogP) is 2.88. The van der Waals surface area contributed by atoms with Crippen LogP contribution < -0.4 is 0 Å². The highest BCUT2D eigenvalue weighted by Gasteiger charge is 2.63. The van der Waals surface area contributed by atoms with Crippen molar-refractivity contribution in [3.63, 3.8) is 0 Å². The zero-order valence-electron chi connectivity index (χ0n) is 12.0. The van der Waals surface area contributed by atoms with Gasteiger partial charge in [0.2, 0.25) is 5.91 Å². The predicted molar refractivity (Wildman–Crippen MR) is 74.7 cm³/mol. The van der Waals surface area contributed by atoms with E-state index in [1.165, 1.54) is 11.9 Å². The number of ether oxygens (including phenoxy) is 1. The second-order valence-electron chi connectivity index (χ2n) is 4.96. The molecule has 0 radical (unpaired) electrons. The van der Waals surface area contributed by atoms with Crippen LogP contribution in [-0.4, -0.2) is 49.5 Å². The van der Waals surface area contributed by atoms with E-state index in [9.17, 15) is 18.0 Å². The van der Waals surface area contributed by atoms with Gasteiger partial charge in [-0.3, -0.25) is 4.79 Å². The highest BCUT2D eigenvalue weighted by molar-refractivity contribution is 7.09.